The number of aryl methyl sites for hydroxylation is 1. The minimum absolute atomic E-state index is 0.153. The van der Waals surface area contributed by atoms with Crippen LogP contribution in [-0.2, 0) is 7.05 Å². The highest BCUT2D eigenvalue weighted by Gasteiger charge is 2.17. The summed E-state index contributed by atoms with van der Waals surface area (Å²) in [4.78, 5) is 17.1. The van der Waals surface area contributed by atoms with E-state index in [1.54, 1.807) is 28.3 Å². The molecule has 0 saturated carbocycles. The van der Waals surface area contributed by atoms with Crippen molar-refractivity contribution in [1.82, 2.24) is 19.9 Å². The minimum Gasteiger partial charge on any atom is -0.350 e. The van der Waals surface area contributed by atoms with Crippen LogP contribution in [-0.4, -0.2) is 25.8 Å². The van der Waals surface area contributed by atoms with Crippen molar-refractivity contribution in [3.05, 3.63) is 46.9 Å². The number of carbonyl (C=O) groups is 1. The average molecular weight is 381 g/mol. The Balaban J connectivity index is 1.55. The predicted octanol–water partition coefficient (Wildman–Crippen LogP) is 4.37. The summed E-state index contributed by atoms with van der Waals surface area (Å²) in [7, 11) is 1.85. The number of nitrogens with one attached hydrogen (secondary N) is 1. The van der Waals surface area contributed by atoms with Crippen LogP contribution in [0.15, 0.2) is 35.0 Å². The van der Waals surface area contributed by atoms with Gasteiger partial charge < -0.3 is 9.84 Å². The number of aromatic nitrogens is 4. The fourth-order valence-corrected chi connectivity index (χ4v) is 3.73. The molecule has 0 unspecified atom stereocenters. The number of hydrogen-bond donors (Lipinski definition) is 1. The molecule has 3 heterocycles. The first kappa shape index (κ1) is 17.4. The van der Waals surface area contributed by atoms with E-state index in [0.717, 1.165) is 26.5 Å². The van der Waals surface area contributed by atoms with Crippen molar-refractivity contribution < 1.29 is 9.32 Å². The summed E-state index contributed by atoms with van der Waals surface area (Å²) in [6.07, 6.45) is 1.71. The number of nitrogens with zero attached hydrogens (tertiary/aromatic N) is 4. The van der Waals surface area contributed by atoms with Gasteiger partial charge in [-0.15, -0.1) is 11.3 Å². The Hall–Kier alpha value is -3.00. The van der Waals surface area contributed by atoms with Gasteiger partial charge in [0.2, 0.25) is 5.76 Å². The van der Waals surface area contributed by atoms with E-state index < -0.39 is 0 Å². The lowest BCUT2D eigenvalue weighted by Crippen LogP contribution is -2.10. The van der Waals surface area contributed by atoms with Crippen LogP contribution in [0.2, 0.25) is 0 Å². The van der Waals surface area contributed by atoms with E-state index >= 15 is 0 Å². The summed E-state index contributed by atoms with van der Waals surface area (Å²) < 4.78 is 8.02. The van der Waals surface area contributed by atoms with Gasteiger partial charge in [-0.25, -0.2) is 4.98 Å². The second kappa shape index (κ2) is 6.62. The fourth-order valence-electron chi connectivity index (χ4n) is 2.72. The second-order valence-corrected chi connectivity index (χ2v) is 7.75. The van der Waals surface area contributed by atoms with E-state index in [9.17, 15) is 4.79 Å². The van der Waals surface area contributed by atoms with Gasteiger partial charge in [0.05, 0.1) is 21.4 Å². The van der Waals surface area contributed by atoms with Gasteiger partial charge in [0.25, 0.3) is 5.91 Å². The predicted molar refractivity (Wildman–Crippen MR) is 105 cm³/mol. The minimum atomic E-state index is -0.344. The molecular weight excluding hydrogens is 362 g/mol. The van der Waals surface area contributed by atoms with Crippen LogP contribution in [0, 0.1) is 6.92 Å². The monoisotopic (exact) mass is 381 g/mol. The largest absolute Gasteiger partial charge is 0.350 e. The molecule has 138 valence electrons. The molecule has 7 nitrogen and oxygen atoms in total. The van der Waals surface area contributed by atoms with E-state index in [-0.39, 0.29) is 11.7 Å². The first-order chi connectivity index (χ1) is 12.9. The number of carbonyl (C=O) groups excluding carboxylic acids is 1. The zero-order valence-electron chi connectivity index (χ0n) is 15.5. The van der Waals surface area contributed by atoms with Gasteiger partial charge in [-0.3, -0.25) is 9.48 Å². The highest BCUT2D eigenvalue weighted by Crippen LogP contribution is 2.29. The third kappa shape index (κ3) is 3.23. The summed E-state index contributed by atoms with van der Waals surface area (Å²) in [6, 6.07) is 7.31. The lowest BCUT2D eigenvalue weighted by atomic mass is 10.2. The first-order valence-electron chi connectivity index (χ1n) is 8.60. The van der Waals surface area contributed by atoms with Crippen LogP contribution in [0.5, 0.6) is 0 Å². The van der Waals surface area contributed by atoms with Gasteiger partial charge in [-0.05, 0) is 25.1 Å². The van der Waals surface area contributed by atoms with Crippen molar-refractivity contribution in [2.45, 2.75) is 26.7 Å². The van der Waals surface area contributed by atoms with Gasteiger partial charge in [0, 0.05) is 36.0 Å². The maximum Gasteiger partial charge on any atom is 0.294 e. The van der Waals surface area contributed by atoms with Gasteiger partial charge in [0.1, 0.15) is 5.69 Å². The molecule has 0 aliphatic heterocycles. The molecule has 0 radical (unpaired) electrons. The SMILES string of the molecule is Cc1c(-c2cc(C(=O)Nc3ccc4nc(C(C)C)sc4c3)on2)cnn1C. The molecule has 0 aliphatic rings. The van der Waals surface area contributed by atoms with Crippen molar-refractivity contribution in [2.24, 2.45) is 7.05 Å². The lowest BCUT2D eigenvalue weighted by Gasteiger charge is -2.01. The third-order valence-electron chi connectivity index (χ3n) is 4.40. The number of hydrogen-bond acceptors (Lipinski definition) is 6. The molecule has 4 aromatic rings. The van der Waals surface area contributed by atoms with E-state index in [4.69, 9.17) is 4.52 Å². The number of benzene rings is 1. The highest BCUT2D eigenvalue weighted by atomic mass is 32.1. The van der Waals surface area contributed by atoms with E-state index in [1.807, 2.05) is 32.2 Å². The third-order valence-corrected chi connectivity index (χ3v) is 5.72. The Morgan fingerprint density at radius 3 is 2.81 bits per heavy atom. The quantitative estimate of drug-likeness (QED) is 0.567. The van der Waals surface area contributed by atoms with Gasteiger partial charge in [-0.2, -0.15) is 5.10 Å². The molecule has 0 saturated heterocycles. The average Bonchev–Trinajstić information content (AvgIpc) is 3.34. The summed E-state index contributed by atoms with van der Waals surface area (Å²) in [5, 5.41) is 12.1. The van der Waals surface area contributed by atoms with Crippen molar-refractivity contribution in [2.75, 3.05) is 5.32 Å². The van der Waals surface area contributed by atoms with E-state index in [0.29, 0.717) is 17.3 Å². The van der Waals surface area contributed by atoms with Crippen LogP contribution in [0.3, 0.4) is 0 Å². The normalized spacial score (nSPS) is 11.4. The highest BCUT2D eigenvalue weighted by molar-refractivity contribution is 7.18. The summed E-state index contributed by atoms with van der Waals surface area (Å²) in [5.74, 6) is 0.188. The summed E-state index contributed by atoms with van der Waals surface area (Å²) in [6.45, 7) is 6.17. The molecule has 1 aromatic carbocycles. The topological polar surface area (TPSA) is 85.8 Å². The molecule has 0 fully saturated rings. The number of amides is 1. The zero-order chi connectivity index (χ0) is 19.1. The molecule has 1 N–H and O–H groups in total. The van der Waals surface area contributed by atoms with Crippen LogP contribution in [0.1, 0.15) is 41.0 Å². The Labute approximate surface area is 160 Å². The molecule has 4 rings (SSSR count). The van der Waals surface area contributed by atoms with Crippen LogP contribution >= 0.6 is 11.3 Å². The molecule has 1 amide bonds. The van der Waals surface area contributed by atoms with Crippen molar-refractivity contribution in [1.29, 1.82) is 0 Å². The number of thiazole rings is 1. The Morgan fingerprint density at radius 2 is 2.11 bits per heavy atom. The van der Waals surface area contributed by atoms with Gasteiger partial charge >= 0.3 is 0 Å². The van der Waals surface area contributed by atoms with Gasteiger partial charge in [0.15, 0.2) is 0 Å². The molecular formula is C19H19N5O2S. The molecule has 0 spiro atoms. The summed E-state index contributed by atoms with van der Waals surface area (Å²) in [5.41, 5.74) is 4.02. The van der Waals surface area contributed by atoms with Crippen molar-refractivity contribution in [3.8, 4) is 11.3 Å². The van der Waals surface area contributed by atoms with Crippen LogP contribution in [0.25, 0.3) is 21.5 Å². The van der Waals surface area contributed by atoms with Crippen molar-refractivity contribution >= 4 is 33.1 Å². The standard InChI is InChI=1S/C19H19N5O2S/c1-10(2)19-22-14-6-5-12(7-17(14)27-19)21-18(25)16-8-15(23-26-16)13-9-20-24(4)11(13)3/h5-10H,1-4H3,(H,21,25). The van der Waals surface area contributed by atoms with Crippen LogP contribution in [0.4, 0.5) is 5.69 Å². The first-order valence-corrected chi connectivity index (χ1v) is 9.41. The number of anilines is 1. The Morgan fingerprint density at radius 1 is 1.30 bits per heavy atom. The summed E-state index contributed by atoms with van der Waals surface area (Å²) >= 11 is 1.64. The fraction of sp³-hybridized carbons (Fsp3) is 0.263. The van der Waals surface area contributed by atoms with E-state index in [2.05, 4.69) is 34.4 Å². The Kier molecular flexibility index (Phi) is 4.27. The maximum atomic E-state index is 12.5. The molecule has 8 heteroatoms. The molecule has 0 aliphatic carbocycles. The molecule has 0 atom stereocenters. The second-order valence-electron chi connectivity index (χ2n) is 6.69. The van der Waals surface area contributed by atoms with Crippen molar-refractivity contribution in [3.63, 3.8) is 0 Å². The lowest BCUT2D eigenvalue weighted by molar-refractivity contribution is 0.0988. The Bertz CT molecular complexity index is 1140. The molecule has 27 heavy (non-hydrogen) atoms. The smallest absolute Gasteiger partial charge is 0.294 e. The maximum absolute atomic E-state index is 12.5. The number of rotatable bonds is 4. The number of fused-ring (bicyclic) bond motifs is 1. The van der Waals surface area contributed by atoms with E-state index in [1.165, 1.54) is 0 Å². The molecule has 3 aromatic heterocycles. The zero-order valence-corrected chi connectivity index (χ0v) is 16.3. The van der Waals surface area contributed by atoms with Crippen LogP contribution < -0.4 is 5.32 Å². The molecule has 0 bridgehead atoms. The van der Waals surface area contributed by atoms with Gasteiger partial charge in [-0.1, -0.05) is 19.0 Å².